The minimum absolute atomic E-state index is 0.113. The third-order valence-corrected chi connectivity index (χ3v) is 11.8. The molecule has 14 nitrogen and oxygen atoms in total. The molecule has 6 atom stereocenters. The highest BCUT2D eigenvalue weighted by Gasteiger charge is 2.41. The van der Waals surface area contributed by atoms with Gasteiger partial charge in [0.25, 0.3) is 0 Å². The van der Waals surface area contributed by atoms with Crippen molar-refractivity contribution >= 4 is 35.0 Å². The Balaban J connectivity index is 1.03. The van der Waals surface area contributed by atoms with E-state index in [0.29, 0.717) is 13.1 Å². The zero-order valence-corrected chi connectivity index (χ0v) is 35.6. The number of aromatic nitrogens is 4. The molecule has 14 heteroatoms. The third kappa shape index (κ3) is 8.73. The van der Waals surface area contributed by atoms with Crippen LogP contribution in [0.2, 0.25) is 0 Å². The molecule has 2 aromatic heterocycles. The van der Waals surface area contributed by atoms with E-state index in [4.69, 9.17) is 19.4 Å². The predicted octanol–water partition coefficient (Wildman–Crippen LogP) is 7.87. The van der Waals surface area contributed by atoms with Crippen LogP contribution >= 0.6 is 0 Å². The van der Waals surface area contributed by atoms with Gasteiger partial charge < -0.3 is 39.9 Å². The van der Waals surface area contributed by atoms with Gasteiger partial charge in [-0.3, -0.25) is 9.59 Å². The van der Waals surface area contributed by atoms with Crippen molar-refractivity contribution in [2.24, 2.45) is 23.7 Å². The van der Waals surface area contributed by atoms with Gasteiger partial charge in [-0.1, -0.05) is 96.1 Å². The first-order valence-corrected chi connectivity index (χ1v) is 20.8. The number of ether oxygens (including phenoxy) is 2. The lowest BCUT2D eigenvalue weighted by Crippen LogP contribution is -2.51. The summed E-state index contributed by atoms with van der Waals surface area (Å²) >= 11 is 0. The number of likely N-dealkylation sites (tertiary alicyclic amines) is 2. The lowest BCUT2D eigenvalue weighted by Gasteiger charge is -2.30. The van der Waals surface area contributed by atoms with Crippen LogP contribution in [0.3, 0.4) is 0 Å². The minimum Gasteiger partial charge on any atom is -0.453 e. The Morgan fingerprint density at radius 2 is 1.10 bits per heavy atom. The average molecular weight is 817 g/mol. The van der Waals surface area contributed by atoms with Gasteiger partial charge >= 0.3 is 12.2 Å². The molecule has 4 heterocycles. The SMILES string of the molecule is COC(=O)NC(C(=O)N1C[C@@H](C)C[C@H]1c1nc(-c2ccc(-c3ccc(-c4ccc5[nH]c([C@@H]6C[C@H](C)CN6C(=O)[C@@H](NC(=O)OC)C(C)C)nc5c4)cc3)cc2)c[nH]1)C(C)C. The molecule has 1 unspecified atom stereocenters. The number of rotatable bonds is 11. The summed E-state index contributed by atoms with van der Waals surface area (Å²) in [5.41, 5.74) is 7.69. The number of hydrogen-bond donors (Lipinski definition) is 4. The average Bonchev–Trinajstić information content (AvgIpc) is 4.06. The van der Waals surface area contributed by atoms with Crippen LogP contribution < -0.4 is 10.6 Å². The molecule has 316 valence electrons. The predicted molar refractivity (Wildman–Crippen MR) is 229 cm³/mol. The number of hydrogen-bond acceptors (Lipinski definition) is 8. The highest BCUT2D eigenvalue weighted by atomic mass is 16.5. The Bertz CT molecular complexity index is 2330. The number of methoxy groups -OCH3 is 2. The lowest BCUT2D eigenvalue weighted by molar-refractivity contribution is -0.136. The molecular weight excluding hydrogens is 761 g/mol. The van der Waals surface area contributed by atoms with Crippen LogP contribution in [0.25, 0.3) is 44.5 Å². The molecule has 2 fully saturated rings. The third-order valence-electron chi connectivity index (χ3n) is 11.8. The number of nitrogens with one attached hydrogen (secondary N) is 4. The number of carbonyl (C=O) groups excluding carboxylic acids is 4. The van der Waals surface area contributed by atoms with Crippen molar-refractivity contribution in [2.45, 2.75) is 78.6 Å². The molecular formula is C46H56N8O6. The number of H-pyrrole nitrogens is 2. The van der Waals surface area contributed by atoms with E-state index in [1.807, 2.05) is 49.8 Å². The van der Waals surface area contributed by atoms with Gasteiger partial charge in [0.15, 0.2) is 0 Å². The molecule has 2 saturated heterocycles. The van der Waals surface area contributed by atoms with Crippen molar-refractivity contribution in [2.75, 3.05) is 27.3 Å². The van der Waals surface area contributed by atoms with E-state index in [1.54, 1.807) is 0 Å². The summed E-state index contributed by atoms with van der Waals surface area (Å²) in [6.45, 7) is 13.0. The van der Waals surface area contributed by atoms with Crippen LogP contribution in [0.5, 0.6) is 0 Å². The maximum absolute atomic E-state index is 13.8. The molecule has 4 N–H and O–H groups in total. The second kappa shape index (κ2) is 17.6. The van der Waals surface area contributed by atoms with Gasteiger partial charge in [-0.05, 0) is 70.9 Å². The second-order valence-electron chi connectivity index (χ2n) is 17.1. The van der Waals surface area contributed by atoms with Crippen molar-refractivity contribution < 1.29 is 28.7 Å². The van der Waals surface area contributed by atoms with Gasteiger partial charge in [-0.15, -0.1) is 0 Å². The number of imidazole rings is 2. The Morgan fingerprint density at radius 3 is 1.58 bits per heavy atom. The molecule has 0 radical (unpaired) electrons. The molecule has 4 amide bonds. The number of amides is 4. The molecule has 60 heavy (non-hydrogen) atoms. The number of aromatic amines is 2. The van der Waals surface area contributed by atoms with E-state index < -0.39 is 24.3 Å². The maximum atomic E-state index is 13.8. The van der Waals surface area contributed by atoms with Crippen molar-refractivity contribution in [1.82, 2.24) is 40.4 Å². The second-order valence-corrected chi connectivity index (χ2v) is 17.1. The lowest BCUT2D eigenvalue weighted by atomic mass is 9.99. The number of carbonyl (C=O) groups is 4. The monoisotopic (exact) mass is 816 g/mol. The number of fused-ring (bicyclic) bond motifs is 1. The quantitative estimate of drug-likeness (QED) is 0.104. The van der Waals surface area contributed by atoms with Crippen LogP contribution in [0.15, 0.2) is 72.9 Å². The first kappa shape index (κ1) is 42.0. The van der Waals surface area contributed by atoms with E-state index in [-0.39, 0.29) is 47.6 Å². The Morgan fingerprint density at radius 1 is 0.650 bits per heavy atom. The molecule has 3 aromatic carbocycles. The highest BCUT2D eigenvalue weighted by molar-refractivity contribution is 5.88. The van der Waals surface area contributed by atoms with E-state index in [9.17, 15) is 19.2 Å². The van der Waals surface area contributed by atoms with Crippen LogP contribution in [0.1, 0.15) is 78.1 Å². The van der Waals surface area contributed by atoms with E-state index in [0.717, 1.165) is 69.0 Å². The van der Waals surface area contributed by atoms with Gasteiger partial charge in [0.1, 0.15) is 23.7 Å². The molecule has 0 saturated carbocycles. The maximum Gasteiger partial charge on any atom is 0.407 e. The molecule has 0 bridgehead atoms. The van der Waals surface area contributed by atoms with E-state index >= 15 is 0 Å². The summed E-state index contributed by atoms with van der Waals surface area (Å²) in [4.78, 5) is 71.9. The fraction of sp³-hybridized carbons (Fsp3) is 0.435. The minimum atomic E-state index is -0.702. The van der Waals surface area contributed by atoms with Crippen molar-refractivity contribution in [3.63, 3.8) is 0 Å². The first-order chi connectivity index (χ1) is 28.7. The van der Waals surface area contributed by atoms with Gasteiger partial charge in [-0.25, -0.2) is 19.6 Å². The van der Waals surface area contributed by atoms with Gasteiger partial charge in [0, 0.05) is 24.8 Å². The van der Waals surface area contributed by atoms with Crippen LogP contribution in [0, 0.1) is 23.7 Å². The standard InChI is InChI=1S/C46H56N8O6/c1-25(2)39(51-45(57)59-7)43(55)53-23-27(5)19-37(53)41-47-22-36(50-41)32-15-13-30(14-16-32)29-9-11-31(12-10-29)33-17-18-34-35(21-33)49-42(48-34)38-20-28(6)24-54(38)44(56)40(26(3)4)52-46(58)60-8/h9-18,21-22,25-28,37-40H,19-20,23-24H2,1-8H3,(H,47,50)(H,48,49)(H,51,57)(H,52,58)/t27-,28-,37-,38-,39?,40-/m0/s1. The molecule has 5 aromatic rings. The van der Waals surface area contributed by atoms with Crippen molar-refractivity contribution in [1.29, 1.82) is 0 Å². The summed E-state index contributed by atoms with van der Waals surface area (Å²) in [6.07, 6.45) is 2.17. The fourth-order valence-corrected chi connectivity index (χ4v) is 8.56. The molecule has 2 aliphatic heterocycles. The normalized spacial score (nSPS) is 20.1. The van der Waals surface area contributed by atoms with Gasteiger partial charge in [0.2, 0.25) is 11.8 Å². The topological polar surface area (TPSA) is 175 Å². The Hall–Kier alpha value is -6.18. The fourth-order valence-electron chi connectivity index (χ4n) is 8.56. The van der Waals surface area contributed by atoms with Crippen LogP contribution in [0.4, 0.5) is 9.59 Å². The van der Waals surface area contributed by atoms with Crippen LogP contribution in [-0.2, 0) is 19.1 Å². The summed E-state index contributed by atoms with van der Waals surface area (Å²) in [5, 5.41) is 5.44. The van der Waals surface area contributed by atoms with Crippen molar-refractivity contribution in [3.05, 3.63) is 84.6 Å². The Kier molecular flexibility index (Phi) is 12.3. The van der Waals surface area contributed by atoms with Crippen LogP contribution in [-0.4, -0.2) is 93.1 Å². The summed E-state index contributed by atoms with van der Waals surface area (Å²) in [7, 11) is 2.59. The summed E-state index contributed by atoms with van der Waals surface area (Å²) in [6, 6.07) is 21.0. The zero-order valence-electron chi connectivity index (χ0n) is 35.6. The smallest absolute Gasteiger partial charge is 0.407 e. The van der Waals surface area contributed by atoms with E-state index in [1.165, 1.54) is 14.2 Å². The summed E-state index contributed by atoms with van der Waals surface area (Å²) in [5.74, 6) is 1.51. The summed E-state index contributed by atoms with van der Waals surface area (Å²) < 4.78 is 9.58. The van der Waals surface area contributed by atoms with Crippen molar-refractivity contribution in [3.8, 4) is 33.5 Å². The van der Waals surface area contributed by atoms with Gasteiger partial charge in [-0.2, -0.15) is 0 Å². The highest BCUT2D eigenvalue weighted by Crippen LogP contribution is 2.38. The number of nitrogens with zero attached hydrogens (tertiary/aromatic N) is 4. The molecule has 0 spiro atoms. The largest absolute Gasteiger partial charge is 0.453 e. The van der Waals surface area contributed by atoms with E-state index in [2.05, 4.69) is 95.1 Å². The number of benzene rings is 3. The Labute approximate surface area is 350 Å². The molecule has 7 rings (SSSR count). The zero-order chi connectivity index (χ0) is 42.8. The molecule has 0 aliphatic carbocycles. The first-order valence-electron chi connectivity index (χ1n) is 20.8. The van der Waals surface area contributed by atoms with Gasteiger partial charge in [0.05, 0.1) is 43.0 Å². The number of alkyl carbamates (subject to hydrolysis) is 2. The molecule has 2 aliphatic rings.